The molecule has 9 nitrogen and oxygen atoms in total. The van der Waals surface area contributed by atoms with Crippen LogP contribution in [0.1, 0.15) is 61.1 Å². The molecule has 10 heteroatoms. The van der Waals surface area contributed by atoms with Gasteiger partial charge in [0.25, 0.3) is 11.8 Å². The second-order valence-electron chi connectivity index (χ2n) is 8.48. The minimum atomic E-state index is -0.587. The van der Waals surface area contributed by atoms with E-state index in [1.807, 2.05) is 30.3 Å². The molecule has 0 saturated heterocycles. The Morgan fingerprint density at radius 3 is 2.51 bits per heavy atom. The Balaban J connectivity index is 1.31. The van der Waals surface area contributed by atoms with E-state index >= 15 is 0 Å². The summed E-state index contributed by atoms with van der Waals surface area (Å²) in [5, 5.41) is 5.29. The van der Waals surface area contributed by atoms with Gasteiger partial charge >= 0.3 is 5.91 Å². The molecule has 2 aromatic carbocycles. The number of carbonyl (C=O) groups excluding carboxylic acids is 3. The van der Waals surface area contributed by atoms with Crippen molar-refractivity contribution in [2.24, 2.45) is 5.10 Å². The smallest absolute Gasteiger partial charge is 0.305 e. The Morgan fingerprint density at radius 2 is 1.68 bits per heavy atom. The molecule has 0 aliphatic heterocycles. The van der Waals surface area contributed by atoms with E-state index in [9.17, 15) is 14.4 Å². The Hall–Kier alpha value is -4.31. The number of nitrogens with one attached hydrogen (secondary N) is 3. The lowest BCUT2D eigenvalue weighted by molar-refractivity contribution is 0.0829. The zero-order valence-corrected chi connectivity index (χ0v) is 21.4. The molecular weight excluding hydrogens is 538 g/mol. The predicted octanol–water partition coefficient (Wildman–Crippen LogP) is 4.44. The van der Waals surface area contributed by atoms with Crippen molar-refractivity contribution in [3.05, 3.63) is 99.0 Å². The monoisotopic (exact) mass is 559 g/mol. The molecule has 0 bridgehead atoms. The molecule has 2 aromatic heterocycles. The van der Waals surface area contributed by atoms with Crippen LogP contribution in [0.5, 0.6) is 0 Å². The Labute approximate surface area is 220 Å². The number of pyridine rings is 1. The maximum absolute atomic E-state index is 12.8. The number of fused-ring (bicyclic) bond motifs is 2. The number of rotatable bonds is 4. The summed E-state index contributed by atoms with van der Waals surface area (Å²) >= 11 is 3.32. The number of hydrazine groups is 1. The van der Waals surface area contributed by atoms with Crippen molar-refractivity contribution < 1.29 is 18.8 Å². The molecule has 4 aromatic rings. The van der Waals surface area contributed by atoms with Crippen molar-refractivity contribution in [1.82, 2.24) is 21.3 Å². The lowest BCUT2D eigenvalue weighted by Gasteiger charge is -2.13. The van der Waals surface area contributed by atoms with E-state index in [1.54, 1.807) is 37.3 Å². The molecule has 37 heavy (non-hydrogen) atoms. The van der Waals surface area contributed by atoms with Gasteiger partial charge in [0, 0.05) is 27.4 Å². The predicted molar refractivity (Wildman–Crippen MR) is 141 cm³/mol. The van der Waals surface area contributed by atoms with Gasteiger partial charge in [0.2, 0.25) is 0 Å². The third-order valence-corrected chi connectivity index (χ3v) is 6.75. The van der Waals surface area contributed by atoms with E-state index in [4.69, 9.17) is 4.42 Å². The van der Waals surface area contributed by atoms with E-state index in [1.165, 1.54) is 0 Å². The summed E-state index contributed by atoms with van der Waals surface area (Å²) in [7, 11) is 0. The van der Waals surface area contributed by atoms with Crippen LogP contribution >= 0.6 is 15.9 Å². The number of halogens is 1. The van der Waals surface area contributed by atoms with Gasteiger partial charge in [0.05, 0.1) is 16.8 Å². The number of nitrogens with zero attached hydrogens (tertiary/aromatic N) is 2. The van der Waals surface area contributed by atoms with Crippen molar-refractivity contribution in [2.45, 2.75) is 26.2 Å². The highest BCUT2D eigenvalue weighted by atomic mass is 79.9. The van der Waals surface area contributed by atoms with Crippen LogP contribution < -0.4 is 16.3 Å². The number of amides is 3. The van der Waals surface area contributed by atoms with Gasteiger partial charge in [0.15, 0.2) is 5.76 Å². The van der Waals surface area contributed by atoms with Gasteiger partial charge in [-0.15, -0.1) is 0 Å². The van der Waals surface area contributed by atoms with Crippen molar-refractivity contribution in [1.29, 1.82) is 0 Å². The average molecular weight is 560 g/mol. The number of hydrogen-bond donors (Lipinski definition) is 3. The maximum atomic E-state index is 12.8. The fraction of sp³-hybridized carbons (Fsp3) is 0.148. The number of carbonyl (C=O) groups is 3. The molecule has 0 saturated carbocycles. The topological polar surface area (TPSA) is 126 Å². The lowest BCUT2D eigenvalue weighted by Crippen LogP contribution is -2.41. The number of hydrazone groups is 1. The zero-order chi connectivity index (χ0) is 25.9. The third-order valence-electron chi connectivity index (χ3n) is 6.06. The van der Waals surface area contributed by atoms with Gasteiger partial charge in [-0.1, -0.05) is 36.4 Å². The zero-order valence-electron chi connectivity index (χ0n) is 19.8. The van der Waals surface area contributed by atoms with Gasteiger partial charge in [-0.3, -0.25) is 25.2 Å². The van der Waals surface area contributed by atoms with Crippen molar-refractivity contribution in [2.75, 3.05) is 0 Å². The highest BCUT2D eigenvalue weighted by Crippen LogP contribution is 2.30. The standard InChI is InChI=1S/C27H22BrN5O4/c1-15-23-20(30-32-26(35)21-14-13-16-7-2-5-10-19(16)29-21)11-6-12-22(23)37-24(15)27(36)33-31-25(34)17-8-3-4-9-18(17)28/h2-5,7-10,13-14H,6,11-12H2,1H3,(H,31,34)(H,32,35)(H,33,36)/b30-20+. The Kier molecular flexibility index (Phi) is 6.82. The summed E-state index contributed by atoms with van der Waals surface area (Å²) in [5.41, 5.74) is 10.6. The molecule has 0 spiro atoms. The first-order valence-electron chi connectivity index (χ1n) is 11.6. The average Bonchev–Trinajstić information content (AvgIpc) is 3.27. The van der Waals surface area contributed by atoms with E-state index in [2.05, 4.69) is 42.3 Å². The SMILES string of the molecule is Cc1c(C(=O)NNC(=O)c2ccccc2Br)oc2c1/C(=N/NC(=O)c1ccc3ccccc3n1)CCC2. The second kappa shape index (κ2) is 10.4. The van der Waals surface area contributed by atoms with Gasteiger partial charge < -0.3 is 4.42 Å². The Morgan fingerprint density at radius 1 is 0.919 bits per heavy atom. The summed E-state index contributed by atoms with van der Waals surface area (Å²) < 4.78 is 6.46. The lowest BCUT2D eigenvalue weighted by atomic mass is 9.93. The molecule has 1 aliphatic rings. The van der Waals surface area contributed by atoms with E-state index in [-0.39, 0.29) is 11.5 Å². The van der Waals surface area contributed by atoms with Gasteiger partial charge in [-0.2, -0.15) is 5.10 Å². The summed E-state index contributed by atoms with van der Waals surface area (Å²) in [4.78, 5) is 42.4. The number of para-hydroxylation sites is 1. The first kappa shape index (κ1) is 24.4. The number of benzene rings is 2. The fourth-order valence-electron chi connectivity index (χ4n) is 4.25. The van der Waals surface area contributed by atoms with Gasteiger partial charge in [-0.05, 0) is 60.0 Å². The largest absolute Gasteiger partial charge is 0.455 e. The van der Waals surface area contributed by atoms with Gasteiger partial charge in [0.1, 0.15) is 11.5 Å². The maximum Gasteiger partial charge on any atom is 0.305 e. The highest BCUT2D eigenvalue weighted by Gasteiger charge is 2.28. The summed E-state index contributed by atoms with van der Waals surface area (Å²) in [6.07, 6.45) is 1.99. The minimum absolute atomic E-state index is 0.0783. The quantitative estimate of drug-likeness (QED) is 0.318. The molecule has 2 heterocycles. The molecule has 5 rings (SSSR count). The normalized spacial score (nSPS) is 13.7. The van der Waals surface area contributed by atoms with Crippen LogP contribution in [0.2, 0.25) is 0 Å². The molecule has 0 unspecified atom stereocenters. The van der Waals surface area contributed by atoms with Crippen LogP contribution in [-0.2, 0) is 6.42 Å². The number of hydrogen-bond acceptors (Lipinski definition) is 6. The molecule has 0 atom stereocenters. The molecule has 1 aliphatic carbocycles. The van der Waals surface area contributed by atoms with E-state index in [0.29, 0.717) is 45.5 Å². The van der Waals surface area contributed by atoms with Crippen molar-refractivity contribution in [3.63, 3.8) is 0 Å². The molecule has 0 fully saturated rings. The van der Waals surface area contributed by atoms with Crippen LogP contribution in [0.25, 0.3) is 10.9 Å². The molecule has 0 radical (unpaired) electrons. The van der Waals surface area contributed by atoms with E-state index < -0.39 is 17.7 Å². The van der Waals surface area contributed by atoms with Crippen LogP contribution in [0, 0.1) is 6.92 Å². The van der Waals surface area contributed by atoms with Crippen LogP contribution in [0.15, 0.2) is 74.7 Å². The second-order valence-corrected chi connectivity index (χ2v) is 9.34. The summed E-state index contributed by atoms with van der Waals surface area (Å²) in [5.74, 6) is -0.796. The molecule has 3 N–H and O–H groups in total. The first-order chi connectivity index (χ1) is 17.9. The number of furan rings is 1. The minimum Gasteiger partial charge on any atom is -0.455 e. The number of aromatic nitrogens is 1. The summed E-state index contributed by atoms with van der Waals surface area (Å²) in [6.45, 7) is 1.75. The highest BCUT2D eigenvalue weighted by molar-refractivity contribution is 9.10. The number of aryl methyl sites for hydroxylation is 1. The van der Waals surface area contributed by atoms with E-state index in [0.717, 1.165) is 17.3 Å². The fourth-order valence-corrected chi connectivity index (χ4v) is 4.71. The molecule has 3 amide bonds. The van der Waals surface area contributed by atoms with Crippen molar-refractivity contribution >= 4 is 50.3 Å². The molecular formula is C27H22BrN5O4. The van der Waals surface area contributed by atoms with Crippen LogP contribution in [-0.4, -0.2) is 28.4 Å². The Bertz CT molecular complexity index is 1580. The van der Waals surface area contributed by atoms with Crippen LogP contribution in [0.3, 0.4) is 0 Å². The first-order valence-corrected chi connectivity index (χ1v) is 12.4. The van der Waals surface area contributed by atoms with Crippen molar-refractivity contribution in [3.8, 4) is 0 Å². The van der Waals surface area contributed by atoms with Crippen LogP contribution in [0.4, 0.5) is 0 Å². The van der Waals surface area contributed by atoms with Gasteiger partial charge in [-0.25, -0.2) is 10.4 Å². The third kappa shape index (κ3) is 5.01. The summed E-state index contributed by atoms with van der Waals surface area (Å²) in [6, 6.07) is 17.9. The molecule has 186 valence electrons.